The van der Waals surface area contributed by atoms with Crippen molar-refractivity contribution in [1.29, 1.82) is 0 Å². The van der Waals surface area contributed by atoms with Gasteiger partial charge in [-0.05, 0) is 30.7 Å². The minimum absolute atomic E-state index is 0.0812. The molecule has 0 aliphatic rings. The van der Waals surface area contributed by atoms with Crippen LogP contribution in [0.15, 0.2) is 23.4 Å². The summed E-state index contributed by atoms with van der Waals surface area (Å²) in [5.41, 5.74) is 0.870. The summed E-state index contributed by atoms with van der Waals surface area (Å²) in [6.45, 7) is 3.67. The van der Waals surface area contributed by atoms with Gasteiger partial charge >= 0.3 is 0 Å². The number of aromatic nitrogens is 1. The van der Waals surface area contributed by atoms with Crippen LogP contribution in [0.3, 0.4) is 0 Å². The Morgan fingerprint density at radius 2 is 2.25 bits per heavy atom. The monoisotopic (exact) mass is 243 g/mol. The van der Waals surface area contributed by atoms with Crippen LogP contribution in [0.5, 0.6) is 0 Å². The van der Waals surface area contributed by atoms with Gasteiger partial charge in [-0.2, -0.15) is 0 Å². The van der Waals surface area contributed by atoms with Crippen LogP contribution in [0.4, 0.5) is 0 Å². The predicted octanol–water partition coefficient (Wildman–Crippen LogP) is 0.619. The van der Waals surface area contributed by atoms with Crippen LogP contribution in [0.25, 0.3) is 0 Å². The Morgan fingerprint density at radius 3 is 2.88 bits per heavy atom. The molecule has 0 saturated heterocycles. The van der Waals surface area contributed by atoms with Crippen molar-refractivity contribution in [3.63, 3.8) is 0 Å². The Morgan fingerprint density at radius 1 is 1.50 bits per heavy atom. The van der Waals surface area contributed by atoms with Gasteiger partial charge in [0.05, 0.1) is 0 Å². The number of hydrogen-bond acceptors (Lipinski definition) is 4. The lowest BCUT2D eigenvalue weighted by Crippen LogP contribution is -2.17. The van der Waals surface area contributed by atoms with Gasteiger partial charge in [0, 0.05) is 12.7 Å². The molecular formula is C10H17N3O2S. The third-order valence-electron chi connectivity index (χ3n) is 2.13. The molecule has 0 radical (unpaired) electrons. The summed E-state index contributed by atoms with van der Waals surface area (Å²) < 4.78 is 22.1. The molecule has 1 heterocycles. The Labute approximate surface area is 96.1 Å². The minimum atomic E-state index is -3.70. The van der Waals surface area contributed by atoms with Crippen molar-refractivity contribution in [2.24, 2.45) is 5.14 Å². The minimum Gasteiger partial charge on any atom is -0.313 e. The highest BCUT2D eigenvalue weighted by molar-refractivity contribution is 7.89. The standard InChI is InChI=1S/C10H17N3O2S/c1-2-3-5-12-8-9-4-6-13-10(7-9)16(11,14)15/h4,6-7,12H,2-3,5,8H2,1H3,(H2,11,14,15). The van der Waals surface area contributed by atoms with Gasteiger partial charge in [0.25, 0.3) is 10.0 Å². The van der Waals surface area contributed by atoms with E-state index < -0.39 is 10.0 Å². The molecule has 0 bridgehead atoms. The first-order valence-electron chi connectivity index (χ1n) is 5.22. The van der Waals surface area contributed by atoms with Gasteiger partial charge in [-0.1, -0.05) is 13.3 Å². The third kappa shape index (κ3) is 4.26. The topological polar surface area (TPSA) is 85.1 Å². The van der Waals surface area contributed by atoms with Gasteiger partial charge in [0.15, 0.2) is 5.03 Å². The van der Waals surface area contributed by atoms with Gasteiger partial charge in [-0.15, -0.1) is 0 Å². The van der Waals surface area contributed by atoms with Gasteiger partial charge in [0.2, 0.25) is 0 Å². The Hall–Kier alpha value is -0.980. The zero-order chi connectivity index (χ0) is 12.0. The predicted molar refractivity (Wildman–Crippen MR) is 62.2 cm³/mol. The highest BCUT2D eigenvalue weighted by Crippen LogP contribution is 2.05. The van der Waals surface area contributed by atoms with Crippen molar-refractivity contribution >= 4 is 10.0 Å². The fourth-order valence-corrected chi connectivity index (χ4v) is 1.77. The second-order valence-corrected chi connectivity index (χ2v) is 5.09. The number of hydrogen-bond donors (Lipinski definition) is 2. The number of rotatable bonds is 6. The average molecular weight is 243 g/mol. The maximum Gasteiger partial charge on any atom is 0.255 e. The maximum absolute atomic E-state index is 11.1. The lowest BCUT2D eigenvalue weighted by atomic mass is 10.2. The number of nitrogens with two attached hydrogens (primary N) is 1. The molecule has 1 aromatic rings. The molecule has 0 amide bonds. The SMILES string of the molecule is CCCCNCc1ccnc(S(N)(=O)=O)c1. The Balaban J connectivity index is 2.62. The van der Waals surface area contributed by atoms with Crippen molar-refractivity contribution in [1.82, 2.24) is 10.3 Å². The van der Waals surface area contributed by atoms with E-state index in [1.54, 1.807) is 6.07 Å². The molecule has 0 saturated carbocycles. The van der Waals surface area contributed by atoms with Crippen LogP contribution in [-0.4, -0.2) is 19.9 Å². The maximum atomic E-state index is 11.1. The molecule has 6 heteroatoms. The van der Waals surface area contributed by atoms with Crippen LogP contribution in [0.1, 0.15) is 25.3 Å². The first-order valence-corrected chi connectivity index (χ1v) is 6.77. The summed E-state index contributed by atoms with van der Waals surface area (Å²) in [6, 6.07) is 3.27. The van der Waals surface area contributed by atoms with E-state index >= 15 is 0 Å². The fourth-order valence-electron chi connectivity index (χ4n) is 1.25. The fraction of sp³-hybridized carbons (Fsp3) is 0.500. The van der Waals surface area contributed by atoms with E-state index in [-0.39, 0.29) is 5.03 Å². The van der Waals surface area contributed by atoms with Crippen LogP contribution in [-0.2, 0) is 16.6 Å². The van der Waals surface area contributed by atoms with E-state index in [1.807, 2.05) is 0 Å². The highest BCUT2D eigenvalue weighted by atomic mass is 32.2. The molecule has 5 nitrogen and oxygen atoms in total. The summed E-state index contributed by atoms with van der Waals surface area (Å²) in [5, 5.41) is 8.13. The van der Waals surface area contributed by atoms with Crippen molar-refractivity contribution < 1.29 is 8.42 Å². The van der Waals surface area contributed by atoms with E-state index in [2.05, 4.69) is 17.2 Å². The molecule has 0 aliphatic carbocycles. The first-order chi connectivity index (χ1) is 7.54. The zero-order valence-corrected chi connectivity index (χ0v) is 10.1. The quantitative estimate of drug-likeness (QED) is 0.717. The van der Waals surface area contributed by atoms with Gasteiger partial charge < -0.3 is 5.32 Å². The van der Waals surface area contributed by atoms with E-state index in [4.69, 9.17) is 5.14 Å². The van der Waals surface area contributed by atoms with E-state index in [9.17, 15) is 8.42 Å². The van der Waals surface area contributed by atoms with Crippen molar-refractivity contribution in [2.45, 2.75) is 31.3 Å². The van der Waals surface area contributed by atoms with Gasteiger partial charge in [0.1, 0.15) is 0 Å². The van der Waals surface area contributed by atoms with Crippen molar-refractivity contribution in [3.05, 3.63) is 23.9 Å². The average Bonchev–Trinajstić information content (AvgIpc) is 2.24. The molecule has 0 fully saturated rings. The number of sulfonamides is 1. The molecule has 90 valence electrons. The summed E-state index contributed by atoms with van der Waals surface area (Å²) in [5.74, 6) is 0. The lowest BCUT2D eigenvalue weighted by Gasteiger charge is -2.04. The molecule has 0 aromatic carbocycles. The first kappa shape index (κ1) is 13.1. The van der Waals surface area contributed by atoms with Crippen molar-refractivity contribution in [2.75, 3.05) is 6.54 Å². The number of nitrogens with zero attached hydrogens (tertiary/aromatic N) is 1. The van der Waals surface area contributed by atoms with Crippen LogP contribution in [0, 0.1) is 0 Å². The summed E-state index contributed by atoms with van der Waals surface area (Å²) in [4.78, 5) is 3.71. The van der Waals surface area contributed by atoms with E-state index in [0.717, 1.165) is 24.9 Å². The summed E-state index contributed by atoms with van der Waals surface area (Å²) >= 11 is 0. The molecule has 0 atom stereocenters. The summed E-state index contributed by atoms with van der Waals surface area (Å²) in [7, 11) is -3.70. The van der Waals surface area contributed by atoms with Crippen LogP contribution in [0.2, 0.25) is 0 Å². The Bertz CT molecular complexity index is 431. The Kier molecular flexibility index (Phi) is 4.85. The zero-order valence-electron chi connectivity index (χ0n) is 9.31. The number of nitrogens with one attached hydrogen (secondary N) is 1. The molecule has 0 spiro atoms. The molecule has 1 rings (SSSR count). The molecular weight excluding hydrogens is 226 g/mol. The number of unbranched alkanes of at least 4 members (excludes halogenated alkanes) is 1. The number of primary sulfonamides is 1. The molecule has 3 N–H and O–H groups in total. The third-order valence-corrected chi connectivity index (χ3v) is 2.93. The van der Waals surface area contributed by atoms with E-state index in [1.165, 1.54) is 12.3 Å². The number of pyridine rings is 1. The highest BCUT2D eigenvalue weighted by Gasteiger charge is 2.09. The smallest absolute Gasteiger partial charge is 0.255 e. The van der Waals surface area contributed by atoms with Gasteiger partial charge in [-0.3, -0.25) is 0 Å². The van der Waals surface area contributed by atoms with E-state index in [0.29, 0.717) is 6.54 Å². The normalized spacial score (nSPS) is 11.6. The van der Waals surface area contributed by atoms with Crippen LogP contribution >= 0.6 is 0 Å². The van der Waals surface area contributed by atoms with Crippen molar-refractivity contribution in [3.8, 4) is 0 Å². The molecule has 0 unspecified atom stereocenters. The second kappa shape index (κ2) is 5.93. The lowest BCUT2D eigenvalue weighted by molar-refractivity contribution is 0.593. The second-order valence-electron chi connectivity index (χ2n) is 3.58. The largest absolute Gasteiger partial charge is 0.313 e. The molecule has 16 heavy (non-hydrogen) atoms. The summed E-state index contributed by atoms with van der Waals surface area (Å²) in [6.07, 6.45) is 3.69. The molecule has 0 aliphatic heterocycles. The van der Waals surface area contributed by atoms with Crippen LogP contribution < -0.4 is 10.5 Å². The van der Waals surface area contributed by atoms with Gasteiger partial charge in [-0.25, -0.2) is 18.5 Å². The molecule has 1 aromatic heterocycles.